The SMILES string of the molecule is N#Cc1ccc(C(=O)N2CCCC(OCc3ccccn3)C2)cn1. The number of hydrogen-bond acceptors (Lipinski definition) is 5. The molecule has 1 atom stereocenters. The zero-order valence-corrected chi connectivity index (χ0v) is 13.3. The first-order valence-electron chi connectivity index (χ1n) is 7.93. The predicted molar refractivity (Wildman–Crippen MR) is 86.9 cm³/mol. The second-order valence-corrected chi connectivity index (χ2v) is 5.69. The molecule has 3 heterocycles. The van der Waals surface area contributed by atoms with Crippen molar-refractivity contribution in [2.24, 2.45) is 0 Å². The highest BCUT2D eigenvalue weighted by molar-refractivity contribution is 5.94. The molecule has 122 valence electrons. The Hall–Kier alpha value is -2.78. The van der Waals surface area contributed by atoms with E-state index >= 15 is 0 Å². The quantitative estimate of drug-likeness (QED) is 0.862. The number of amides is 1. The fourth-order valence-corrected chi connectivity index (χ4v) is 2.71. The van der Waals surface area contributed by atoms with Crippen LogP contribution in [0.25, 0.3) is 0 Å². The maximum Gasteiger partial charge on any atom is 0.255 e. The van der Waals surface area contributed by atoms with Gasteiger partial charge in [-0.2, -0.15) is 5.26 Å². The van der Waals surface area contributed by atoms with Crippen LogP contribution in [0.3, 0.4) is 0 Å². The van der Waals surface area contributed by atoms with Crippen molar-refractivity contribution in [3.05, 3.63) is 59.7 Å². The summed E-state index contributed by atoms with van der Waals surface area (Å²) in [6.07, 6.45) is 5.05. The lowest BCUT2D eigenvalue weighted by atomic mass is 10.1. The van der Waals surface area contributed by atoms with Crippen molar-refractivity contribution in [2.75, 3.05) is 13.1 Å². The second-order valence-electron chi connectivity index (χ2n) is 5.69. The smallest absolute Gasteiger partial charge is 0.255 e. The summed E-state index contributed by atoms with van der Waals surface area (Å²) in [6.45, 7) is 1.72. The molecule has 2 aromatic rings. The van der Waals surface area contributed by atoms with Crippen molar-refractivity contribution >= 4 is 5.91 Å². The van der Waals surface area contributed by atoms with Crippen LogP contribution < -0.4 is 0 Å². The van der Waals surface area contributed by atoms with Crippen molar-refractivity contribution in [1.29, 1.82) is 5.26 Å². The van der Waals surface area contributed by atoms with Gasteiger partial charge in [-0.25, -0.2) is 4.98 Å². The van der Waals surface area contributed by atoms with Crippen molar-refractivity contribution in [3.8, 4) is 6.07 Å². The lowest BCUT2D eigenvalue weighted by Crippen LogP contribution is -2.43. The summed E-state index contributed by atoms with van der Waals surface area (Å²) in [7, 11) is 0. The summed E-state index contributed by atoms with van der Waals surface area (Å²) in [6, 6.07) is 10.9. The molecule has 0 aromatic carbocycles. The fraction of sp³-hybridized carbons (Fsp3) is 0.333. The van der Waals surface area contributed by atoms with Gasteiger partial charge in [-0.3, -0.25) is 9.78 Å². The third-order valence-corrected chi connectivity index (χ3v) is 3.98. The average Bonchev–Trinajstić information content (AvgIpc) is 2.67. The van der Waals surface area contributed by atoms with Gasteiger partial charge in [0.1, 0.15) is 11.8 Å². The molecule has 24 heavy (non-hydrogen) atoms. The van der Waals surface area contributed by atoms with E-state index in [0.29, 0.717) is 31.0 Å². The molecule has 0 aliphatic carbocycles. The number of piperidine rings is 1. The summed E-state index contributed by atoms with van der Waals surface area (Å²) in [5.41, 5.74) is 1.69. The number of pyridine rings is 2. The Morgan fingerprint density at radius 1 is 1.33 bits per heavy atom. The molecule has 0 bridgehead atoms. The molecule has 1 amide bonds. The number of aromatic nitrogens is 2. The van der Waals surface area contributed by atoms with Gasteiger partial charge in [-0.1, -0.05) is 6.07 Å². The first-order chi connectivity index (χ1) is 11.8. The summed E-state index contributed by atoms with van der Waals surface area (Å²) in [5, 5.41) is 8.77. The van der Waals surface area contributed by atoms with Crippen molar-refractivity contribution in [3.63, 3.8) is 0 Å². The zero-order valence-electron chi connectivity index (χ0n) is 13.3. The highest BCUT2D eigenvalue weighted by Crippen LogP contribution is 2.17. The highest BCUT2D eigenvalue weighted by atomic mass is 16.5. The lowest BCUT2D eigenvalue weighted by Gasteiger charge is -2.32. The first-order valence-corrected chi connectivity index (χ1v) is 7.93. The molecular weight excluding hydrogens is 304 g/mol. The summed E-state index contributed by atoms with van der Waals surface area (Å²) in [5.74, 6) is -0.0712. The zero-order chi connectivity index (χ0) is 16.8. The van der Waals surface area contributed by atoms with Crippen LogP contribution >= 0.6 is 0 Å². The molecule has 6 heteroatoms. The van der Waals surface area contributed by atoms with Gasteiger partial charge < -0.3 is 9.64 Å². The number of carbonyl (C=O) groups excluding carboxylic acids is 1. The van der Waals surface area contributed by atoms with E-state index in [1.54, 1.807) is 23.2 Å². The number of nitriles is 1. The van der Waals surface area contributed by atoms with Crippen LogP contribution in [0.15, 0.2) is 42.7 Å². The molecule has 0 N–H and O–H groups in total. The standard InChI is InChI=1S/C18H18N4O2/c19-10-15-7-6-14(11-21-15)18(23)22-9-3-5-17(12-22)24-13-16-4-1-2-8-20-16/h1-2,4,6-8,11,17H,3,5,9,12-13H2. The number of likely N-dealkylation sites (tertiary alicyclic amines) is 1. The largest absolute Gasteiger partial charge is 0.370 e. The molecule has 0 saturated carbocycles. The lowest BCUT2D eigenvalue weighted by molar-refractivity contribution is -0.00786. The number of nitrogens with zero attached hydrogens (tertiary/aromatic N) is 4. The monoisotopic (exact) mass is 322 g/mol. The van der Waals surface area contributed by atoms with E-state index in [1.165, 1.54) is 6.20 Å². The summed E-state index contributed by atoms with van der Waals surface area (Å²) < 4.78 is 5.91. The minimum Gasteiger partial charge on any atom is -0.370 e. The predicted octanol–water partition coefficient (Wildman–Crippen LogP) is 2.17. The molecule has 2 aromatic heterocycles. The first kappa shape index (κ1) is 16.1. The summed E-state index contributed by atoms with van der Waals surface area (Å²) in [4.78, 5) is 22.5. The molecule has 1 aliphatic heterocycles. The van der Waals surface area contributed by atoms with Crippen LogP contribution in [0, 0.1) is 11.3 Å². The maximum atomic E-state index is 12.6. The topological polar surface area (TPSA) is 79.1 Å². The van der Waals surface area contributed by atoms with Gasteiger partial charge in [0.15, 0.2) is 0 Å². The van der Waals surface area contributed by atoms with Crippen LogP contribution in [0.1, 0.15) is 34.6 Å². The number of carbonyl (C=O) groups is 1. The fourth-order valence-electron chi connectivity index (χ4n) is 2.71. The van der Waals surface area contributed by atoms with Crippen molar-refractivity contribution in [1.82, 2.24) is 14.9 Å². The molecule has 1 fully saturated rings. The van der Waals surface area contributed by atoms with Crippen LogP contribution in [0.4, 0.5) is 0 Å². The van der Waals surface area contributed by atoms with Crippen molar-refractivity contribution < 1.29 is 9.53 Å². The maximum absolute atomic E-state index is 12.6. The van der Waals surface area contributed by atoms with Gasteiger partial charge in [-0.15, -0.1) is 0 Å². The van der Waals surface area contributed by atoms with Gasteiger partial charge in [-0.05, 0) is 37.1 Å². The van der Waals surface area contributed by atoms with E-state index in [0.717, 1.165) is 18.5 Å². The molecule has 0 radical (unpaired) electrons. The van der Waals surface area contributed by atoms with Crippen LogP contribution in [0.2, 0.25) is 0 Å². The number of hydrogen-bond donors (Lipinski definition) is 0. The molecule has 0 spiro atoms. The normalized spacial score (nSPS) is 17.3. The third kappa shape index (κ3) is 3.94. The molecular formula is C18H18N4O2. The Kier molecular flexibility index (Phi) is 5.14. The van der Waals surface area contributed by atoms with Crippen LogP contribution in [-0.4, -0.2) is 40.0 Å². The summed E-state index contributed by atoms with van der Waals surface area (Å²) >= 11 is 0. The third-order valence-electron chi connectivity index (χ3n) is 3.98. The highest BCUT2D eigenvalue weighted by Gasteiger charge is 2.25. The number of rotatable bonds is 4. The van der Waals surface area contributed by atoms with Gasteiger partial charge in [0.2, 0.25) is 0 Å². The van der Waals surface area contributed by atoms with Crippen LogP contribution in [-0.2, 0) is 11.3 Å². The molecule has 6 nitrogen and oxygen atoms in total. The number of ether oxygens (including phenoxy) is 1. The van der Waals surface area contributed by atoms with E-state index in [-0.39, 0.29) is 12.0 Å². The molecule has 1 unspecified atom stereocenters. The Morgan fingerprint density at radius 3 is 2.96 bits per heavy atom. The van der Waals surface area contributed by atoms with E-state index in [4.69, 9.17) is 10.00 Å². The van der Waals surface area contributed by atoms with E-state index in [9.17, 15) is 4.79 Å². The van der Waals surface area contributed by atoms with Crippen LogP contribution in [0.5, 0.6) is 0 Å². The Labute approximate surface area is 140 Å². The van der Waals surface area contributed by atoms with E-state index in [2.05, 4.69) is 9.97 Å². The van der Waals surface area contributed by atoms with E-state index < -0.39 is 0 Å². The second kappa shape index (κ2) is 7.66. The molecule has 3 rings (SSSR count). The average molecular weight is 322 g/mol. The van der Waals surface area contributed by atoms with Gasteiger partial charge in [0.05, 0.1) is 24.0 Å². The minimum atomic E-state index is -0.0712. The molecule has 1 saturated heterocycles. The Morgan fingerprint density at radius 2 is 2.25 bits per heavy atom. The van der Waals surface area contributed by atoms with Gasteiger partial charge >= 0.3 is 0 Å². The van der Waals surface area contributed by atoms with Crippen molar-refractivity contribution in [2.45, 2.75) is 25.6 Å². The Bertz CT molecular complexity index is 725. The minimum absolute atomic E-state index is 0.0102. The van der Waals surface area contributed by atoms with Gasteiger partial charge in [0.25, 0.3) is 5.91 Å². The van der Waals surface area contributed by atoms with Gasteiger partial charge in [0, 0.05) is 25.5 Å². The molecule has 1 aliphatic rings. The Balaban J connectivity index is 1.58. The van der Waals surface area contributed by atoms with E-state index in [1.807, 2.05) is 24.3 Å².